The lowest BCUT2D eigenvalue weighted by molar-refractivity contribution is -0.124. The highest BCUT2D eigenvalue weighted by Crippen LogP contribution is 2.25. The van der Waals surface area contributed by atoms with Crippen molar-refractivity contribution in [2.45, 2.75) is 53.0 Å². The number of piperidine rings is 1. The van der Waals surface area contributed by atoms with Gasteiger partial charge in [0.15, 0.2) is 0 Å². The molecule has 4 nitrogen and oxygen atoms in total. The first-order chi connectivity index (χ1) is 10.4. The smallest absolute Gasteiger partial charge is 0.231 e. The summed E-state index contributed by atoms with van der Waals surface area (Å²) in [7, 11) is 0. The van der Waals surface area contributed by atoms with Crippen LogP contribution in [0.2, 0.25) is 0 Å². The van der Waals surface area contributed by atoms with Gasteiger partial charge < -0.3 is 5.32 Å². The highest BCUT2D eigenvalue weighted by Gasteiger charge is 2.25. The van der Waals surface area contributed by atoms with Crippen molar-refractivity contribution in [2.24, 2.45) is 5.41 Å². The lowest BCUT2D eigenvalue weighted by Gasteiger charge is -2.27. The summed E-state index contributed by atoms with van der Waals surface area (Å²) in [5, 5.41) is 2.95. The molecule has 2 heterocycles. The number of hydrogen-bond donors (Lipinski definition) is 1. The van der Waals surface area contributed by atoms with E-state index >= 15 is 0 Å². The minimum Gasteiger partial charge on any atom is -0.310 e. The largest absolute Gasteiger partial charge is 0.310 e. The van der Waals surface area contributed by atoms with E-state index in [9.17, 15) is 4.79 Å². The fraction of sp³-hybridized carbons (Fsp3) is 0.647. The van der Waals surface area contributed by atoms with Crippen molar-refractivity contribution >= 4 is 27.7 Å². The highest BCUT2D eigenvalue weighted by molar-refractivity contribution is 9.10. The van der Waals surface area contributed by atoms with Gasteiger partial charge in [0.05, 0.1) is 0 Å². The van der Waals surface area contributed by atoms with Gasteiger partial charge in [-0.2, -0.15) is 0 Å². The number of carbonyl (C=O) groups is 1. The molecule has 1 aliphatic heterocycles. The van der Waals surface area contributed by atoms with Gasteiger partial charge in [-0.3, -0.25) is 9.69 Å². The molecule has 22 heavy (non-hydrogen) atoms. The predicted octanol–water partition coefficient (Wildman–Crippen LogP) is 4.20. The maximum Gasteiger partial charge on any atom is 0.231 e. The van der Waals surface area contributed by atoms with Crippen molar-refractivity contribution in [1.82, 2.24) is 9.88 Å². The normalized spacial score (nSPS) is 16.5. The van der Waals surface area contributed by atoms with Crippen molar-refractivity contribution in [1.29, 1.82) is 0 Å². The summed E-state index contributed by atoms with van der Waals surface area (Å²) in [5.41, 5.74) is 0.809. The monoisotopic (exact) mass is 367 g/mol. The van der Waals surface area contributed by atoms with Crippen LogP contribution in [-0.2, 0) is 11.3 Å². The third kappa shape index (κ3) is 4.53. The Hall–Kier alpha value is -0.940. The van der Waals surface area contributed by atoms with Crippen LogP contribution in [0, 0.1) is 5.41 Å². The molecular formula is C17H26BrN3O. The molecule has 122 valence electrons. The van der Waals surface area contributed by atoms with E-state index in [2.05, 4.69) is 31.1 Å². The number of rotatable bonds is 5. The SMILES string of the molecule is CCC(C)(C)C(=O)Nc1cc(CN2CCCCC2)c(Br)cn1. The lowest BCUT2D eigenvalue weighted by Crippen LogP contribution is -2.31. The van der Waals surface area contributed by atoms with Crippen LogP contribution in [0.5, 0.6) is 0 Å². The molecule has 0 saturated carbocycles. The van der Waals surface area contributed by atoms with Crippen LogP contribution in [-0.4, -0.2) is 28.9 Å². The maximum absolute atomic E-state index is 12.3. The number of amides is 1. The van der Waals surface area contributed by atoms with Gasteiger partial charge in [0, 0.05) is 22.6 Å². The Morgan fingerprint density at radius 2 is 2.05 bits per heavy atom. The van der Waals surface area contributed by atoms with Gasteiger partial charge in [0.25, 0.3) is 0 Å². The standard InChI is InChI=1S/C17H26BrN3O/c1-4-17(2,3)16(22)20-15-10-13(14(18)11-19-15)12-21-8-6-5-7-9-21/h10-11H,4-9,12H2,1-3H3,(H,19,20,22). The summed E-state index contributed by atoms with van der Waals surface area (Å²) in [6, 6.07) is 1.99. The number of nitrogens with one attached hydrogen (secondary N) is 1. The number of halogens is 1. The molecule has 1 saturated heterocycles. The molecule has 0 atom stereocenters. The van der Waals surface area contributed by atoms with Crippen molar-refractivity contribution in [3.8, 4) is 0 Å². The van der Waals surface area contributed by atoms with E-state index in [-0.39, 0.29) is 11.3 Å². The fourth-order valence-electron chi connectivity index (χ4n) is 2.47. The third-order valence-electron chi connectivity index (χ3n) is 4.52. The van der Waals surface area contributed by atoms with E-state index in [0.717, 1.165) is 30.5 Å². The second-order valence-corrected chi connectivity index (χ2v) is 7.54. The summed E-state index contributed by atoms with van der Waals surface area (Å²) >= 11 is 3.57. The molecule has 0 aliphatic carbocycles. The van der Waals surface area contributed by atoms with E-state index in [1.807, 2.05) is 26.8 Å². The molecule has 0 aromatic carbocycles. The van der Waals surface area contributed by atoms with E-state index in [1.54, 1.807) is 6.20 Å². The second-order valence-electron chi connectivity index (χ2n) is 6.69. The minimum absolute atomic E-state index is 0.0220. The Morgan fingerprint density at radius 3 is 2.68 bits per heavy atom. The molecule has 5 heteroatoms. The molecule has 0 radical (unpaired) electrons. The van der Waals surface area contributed by atoms with Gasteiger partial charge in [-0.1, -0.05) is 27.2 Å². The first kappa shape index (κ1) is 17.4. The lowest BCUT2D eigenvalue weighted by atomic mass is 9.89. The summed E-state index contributed by atoms with van der Waals surface area (Å²) in [5.74, 6) is 0.662. The molecule has 1 aromatic rings. The Kier molecular flexibility index (Phi) is 5.98. The van der Waals surface area contributed by atoms with Crippen LogP contribution in [0.3, 0.4) is 0 Å². The third-order valence-corrected chi connectivity index (χ3v) is 5.23. The van der Waals surface area contributed by atoms with Gasteiger partial charge >= 0.3 is 0 Å². The van der Waals surface area contributed by atoms with E-state index in [4.69, 9.17) is 0 Å². The molecule has 0 spiro atoms. The van der Waals surface area contributed by atoms with Crippen molar-refractivity contribution in [2.75, 3.05) is 18.4 Å². The second kappa shape index (κ2) is 7.55. The zero-order valence-electron chi connectivity index (χ0n) is 13.8. The van der Waals surface area contributed by atoms with Crippen LogP contribution < -0.4 is 5.32 Å². The molecule has 1 aliphatic rings. The number of aromatic nitrogens is 1. The molecule has 1 fully saturated rings. The number of nitrogens with zero attached hydrogens (tertiary/aromatic N) is 2. The Morgan fingerprint density at radius 1 is 1.36 bits per heavy atom. The molecular weight excluding hydrogens is 342 g/mol. The van der Waals surface area contributed by atoms with Crippen molar-refractivity contribution in [3.05, 3.63) is 22.3 Å². The van der Waals surface area contributed by atoms with Gasteiger partial charge in [0.1, 0.15) is 5.82 Å². The van der Waals surface area contributed by atoms with Crippen LogP contribution in [0.15, 0.2) is 16.7 Å². The average Bonchev–Trinajstić information content (AvgIpc) is 2.51. The summed E-state index contributed by atoms with van der Waals surface area (Å²) < 4.78 is 1.01. The molecule has 0 unspecified atom stereocenters. The Bertz CT molecular complexity index is 525. The zero-order valence-corrected chi connectivity index (χ0v) is 15.4. The first-order valence-electron chi connectivity index (χ1n) is 8.10. The number of pyridine rings is 1. The summed E-state index contributed by atoms with van der Waals surface area (Å²) in [6.07, 6.45) is 6.47. The van der Waals surface area contributed by atoms with E-state index < -0.39 is 0 Å². The van der Waals surface area contributed by atoms with Gasteiger partial charge in [-0.25, -0.2) is 4.98 Å². The zero-order chi connectivity index (χ0) is 16.2. The van der Waals surface area contributed by atoms with Gasteiger partial charge in [-0.05, 0) is 59.9 Å². The first-order valence-corrected chi connectivity index (χ1v) is 8.90. The van der Waals surface area contributed by atoms with Crippen LogP contribution in [0.25, 0.3) is 0 Å². The maximum atomic E-state index is 12.3. The summed E-state index contributed by atoms with van der Waals surface area (Å²) in [4.78, 5) is 19.1. The molecule has 2 rings (SSSR count). The molecule has 1 N–H and O–H groups in total. The number of carbonyl (C=O) groups excluding carboxylic acids is 1. The van der Waals surface area contributed by atoms with Crippen molar-refractivity contribution in [3.63, 3.8) is 0 Å². The van der Waals surface area contributed by atoms with Crippen LogP contribution in [0.4, 0.5) is 5.82 Å². The highest BCUT2D eigenvalue weighted by atomic mass is 79.9. The van der Waals surface area contributed by atoms with E-state index in [0.29, 0.717) is 5.82 Å². The predicted molar refractivity (Wildman–Crippen MR) is 93.8 cm³/mol. The Labute approximate surface area is 141 Å². The van der Waals surface area contributed by atoms with Crippen molar-refractivity contribution < 1.29 is 4.79 Å². The molecule has 0 bridgehead atoms. The summed E-state index contributed by atoms with van der Waals surface area (Å²) in [6.45, 7) is 9.14. The quantitative estimate of drug-likeness (QED) is 0.847. The fourth-order valence-corrected chi connectivity index (χ4v) is 2.82. The topological polar surface area (TPSA) is 45.2 Å². The van der Waals surface area contributed by atoms with E-state index in [1.165, 1.54) is 24.8 Å². The molecule has 1 aromatic heterocycles. The van der Waals surface area contributed by atoms with Crippen LogP contribution >= 0.6 is 15.9 Å². The van der Waals surface area contributed by atoms with Gasteiger partial charge in [0.2, 0.25) is 5.91 Å². The number of likely N-dealkylation sites (tertiary alicyclic amines) is 1. The Balaban J connectivity index is 2.07. The van der Waals surface area contributed by atoms with Gasteiger partial charge in [-0.15, -0.1) is 0 Å². The van der Waals surface area contributed by atoms with Crippen LogP contribution in [0.1, 0.15) is 52.0 Å². The average molecular weight is 368 g/mol. The minimum atomic E-state index is -0.373. The molecule has 1 amide bonds. The number of anilines is 1. The number of hydrogen-bond acceptors (Lipinski definition) is 3.